The highest BCUT2D eigenvalue weighted by Crippen LogP contribution is 2.41. The summed E-state index contributed by atoms with van der Waals surface area (Å²) in [7, 11) is 0. The highest BCUT2D eigenvalue weighted by Gasteiger charge is 2.46. The van der Waals surface area contributed by atoms with Gasteiger partial charge in [0.2, 0.25) is 0 Å². The van der Waals surface area contributed by atoms with Crippen LogP contribution in [0.3, 0.4) is 0 Å². The molecule has 7 aromatic rings. The maximum atomic E-state index is 6.87. The van der Waals surface area contributed by atoms with E-state index in [4.69, 9.17) is 11.4 Å². The normalized spacial score (nSPS) is 10.6. The summed E-state index contributed by atoms with van der Waals surface area (Å²) < 4.78 is 20.4. The van der Waals surface area contributed by atoms with Crippen molar-refractivity contribution in [1.82, 2.24) is 9.97 Å². The average molecular weight is 628 g/mol. The van der Waals surface area contributed by atoms with Gasteiger partial charge in [-0.3, -0.25) is 9.97 Å². The van der Waals surface area contributed by atoms with Crippen molar-refractivity contribution in [1.29, 1.82) is 0 Å². The van der Waals surface area contributed by atoms with Crippen LogP contribution in [0.4, 0.5) is 17.1 Å². The minimum absolute atomic E-state index is 0.624. The zero-order valence-electron chi connectivity index (χ0n) is 25.5. The fourth-order valence-corrected chi connectivity index (χ4v) is 6.69. The first-order valence-corrected chi connectivity index (χ1v) is 16.7. The van der Waals surface area contributed by atoms with Crippen LogP contribution in [0.5, 0.6) is 17.2 Å². The molecule has 0 aliphatic carbocycles. The molecule has 0 saturated carbocycles. The van der Waals surface area contributed by atoms with Crippen LogP contribution in [0.15, 0.2) is 182 Å². The molecule has 226 valence electrons. The molecule has 0 aliphatic rings. The molecular formula is C40H30AlN3O3. The Balaban J connectivity index is 1.31. The molecule has 7 heteroatoms. The van der Waals surface area contributed by atoms with Crippen molar-refractivity contribution >= 4 is 32.2 Å². The number of benzene rings is 5. The van der Waals surface area contributed by atoms with Crippen LogP contribution in [0.25, 0.3) is 22.5 Å². The highest BCUT2D eigenvalue weighted by atomic mass is 27.3. The van der Waals surface area contributed by atoms with E-state index in [0.29, 0.717) is 17.2 Å². The van der Waals surface area contributed by atoms with Crippen LogP contribution < -0.4 is 16.3 Å². The predicted octanol–water partition coefficient (Wildman–Crippen LogP) is 9.80. The van der Waals surface area contributed by atoms with E-state index in [0.717, 1.165) is 39.6 Å². The Morgan fingerprint density at radius 2 is 0.787 bits per heavy atom. The Labute approximate surface area is 279 Å². The van der Waals surface area contributed by atoms with Crippen molar-refractivity contribution in [3.8, 4) is 39.8 Å². The summed E-state index contributed by atoms with van der Waals surface area (Å²) in [5.41, 5.74) is 6.13. The van der Waals surface area contributed by atoms with E-state index in [1.807, 2.05) is 146 Å². The minimum Gasteiger partial charge on any atom is -0.577 e. The van der Waals surface area contributed by atoms with Gasteiger partial charge in [-0.2, -0.15) is 0 Å². The van der Waals surface area contributed by atoms with E-state index in [2.05, 4.69) is 39.1 Å². The molecule has 7 rings (SSSR count). The Morgan fingerprint density at radius 3 is 1.28 bits per heavy atom. The molecule has 0 unspecified atom stereocenters. The van der Waals surface area contributed by atoms with Gasteiger partial charge in [-0.1, -0.05) is 84.9 Å². The standard InChI is InChI=1S/C18H15NO.2C11H9NO.Al/c20-18-14-8-7-13-17(18)19(15-9-3-1-4-10-15)16-11-5-2-6-12-16;2*13-11-7-2-1-5-9(11)10-6-3-4-8-12-10;/h1-14,20H;2*1-8,13H;/q;;;+3/p-3. The maximum Gasteiger partial charge on any atom is 1.20 e. The second-order valence-corrected chi connectivity index (χ2v) is 11.8. The smallest absolute Gasteiger partial charge is 0.577 e. The van der Waals surface area contributed by atoms with E-state index in [9.17, 15) is 0 Å². The molecule has 0 spiro atoms. The molecule has 6 nitrogen and oxygen atoms in total. The number of pyridine rings is 2. The topological polar surface area (TPSA) is 56.7 Å². The summed E-state index contributed by atoms with van der Waals surface area (Å²) in [5.74, 6) is 1.87. The monoisotopic (exact) mass is 627 g/mol. The van der Waals surface area contributed by atoms with Gasteiger partial charge < -0.3 is 16.3 Å². The van der Waals surface area contributed by atoms with Crippen molar-refractivity contribution < 1.29 is 11.4 Å². The van der Waals surface area contributed by atoms with Crippen molar-refractivity contribution in [3.05, 3.63) is 182 Å². The molecule has 5 aromatic carbocycles. The number of anilines is 3. The third-order valence-corrected chi connectivity index (χ3v) is 8.80. The second-order valence-electron chi connectivity index (χ2n) is 10.5. The lowest BCUT2D eigenvalue weighted by Crippen LogP contribution is -2.37. The Morgan fingerprint density at radius 1 is 0.383 bits per heavy atom. The fourth-order valence-electron chi connectivity index (χ4n) is 5.31. The average Bonchev–Trinajstić information content (AvgIpc) is 3.14. The molecule has 0 radical (unpaired) electrons. The number of nitrogens with zero attached hydrogens (tertiary/aromatic N) is 3. The van der Waals surface area contributed by atoms with E-state index in [1.165, 1.54) is 0 Å². The van der Waals surface area contributed by atoms with Crippen LogP contribution in [0.1, 0.15) is 0 Å². The third-order valence-electron chi connectivity index (χ3n) is 7.46. The van der Waals surface area contributed by atoms with Crippen molar-refractivity contribution in [2.75, 3.05) is 4.90 Å². The zero-order chi connectivity index (χ0) is 31.7. The Hall–Kier alpha value is -5.87. The Kier molecular flexibility index (Phi) is 9.19. The molecule has 2 heterocycles. The van der Waals surface area contributed by atoms with Gasteiger partial charge in [-0.05, 0) is 84.9 Å². The quantitative estimate of drug-likeness (QED) is 0.133. The molecule has 0 atom stereocenters. The third kappa shape index (κ3) is 7.03. The van der Waals surface area contributed by atoms with E-state index >= 15 is 0 Å². The molecular weight excluding hydrogens is 597 g/mol. The van der Waals surface area contributed by atoms with E-state index < -0.39 is 15.1 Å². The van der Waals surface area contributed by atoms with Crippen LogP contribution >= 0.6 is 0 Å². The summed E-state index contributed by atoms with van der Waals surface area (Å²) in [5, 5.41) is 0. The van der Waals surface area contributed by atoms with Crippen molar-refractivity contribution in [2.24, 2.45) is 0 Å². The molecule has 0 aliphatic heterocycles. The van der Waals surface area contributed by atoms with Gasteiger partial charge in [0.05, 0.1) is 28.6 Å². The summed E-state index contributed by atoms with van der Waals surface area (Å²) in [6, 6.07) is 55.7. The summed E-state index contributed by atoms with van der Waals surface area (Å²) >= 11 is -3.06. The zero-order valence-corrected chi connectivity index (χ0v) is 26.6. The highest BCUT2D eigenvalue weighted by molar-refractivity contribution is 6.40. The van der Waals surface area contributed by atoms with Gasteiger partial charge in [0, 0.05) is 34.9 Å². The predicted molar refractivity (Wildman–Crippen MR) is 188 cm³/mol. The van der Waals surface area contributed by atoms with Crippen LogP contribution in [0, 0.1) is 0 Å². The van der Waals surface area contributed by atoms with Crippen molar-refractivity contribution in [3.63, 3.8) is 0 Å². The van der Waals surface area contributed by atoms with Gasteiger partial charge in [-0.25, -0.2) is 0 Å². The molecule has 0 amide bonds. The van der Waals surface area contributed by atoms with Gasteiger partial charge in [0.1, 0.15) is 5.75 Å². The molecule has 47 heavy (non-hydrogen) atoms. The summed E-state index contributed by atoms with van der Waals surface area (Å²) in [6.07, 6.45) is 3.55. The molecule has 0 fully saturated rings. The van der Waals surface area contributed by atoms with Crippen molar-refractivity contribution in [2.45, 2.75) is 0 Å². The molecule has 0 saturated heterocycles. The number of hydrogen-bond acceptors (Lipinski definition) is 6. The molecule has 0 bridgehead atoms. The minimum atomic E-state index is -3.06. The van der Waals surface area contributed by atoms with E-state index in [-0.39, 0.29) is 0 Å². The van der Waals surface area contributed by atoms with Gasteiger partial charge in [0.15, 0.2) is 0 Å². The van der Waals surface area contributed by atoms with Crippen LogP contribution in [-0.4, -0.2) is 25.1 Å². The Bertz CT molecular complexity index is 1910. The SMILES string of the molecule is c1ccc(N(c2ccccc2)c2ccccc2[O][Al]([O]c2ccccc2-c2ccccn2)[O]c2ccccc2-c2ccccn2)cc1. The first-order valence-electron chi connectivity index (χ1n) is 15.3. The lowest BCUT2D eigenvalue weighted by Gasteiger charge is -2.28. The number of aromatic nitrogens is 2. The van der Waals surface area contributed by atoms with E-state index in [1.54, 1.807) is 12.4 Å². The number of para-hydroxylation sites is 6. The van der Waals surface area contributed by atoms with Gasteiger partial charge in [0.25, 0.3) is 0 Å². The lowest BCUT2D eigenvalue weighted by molar-refractivity contribution is 0.308. The fraction of sp³-hybridized carbons (Fsp3) is 0. The molecule has 2 aromatic heterocycles. The van der Waals surface area contributed by atoms with Crippen LogP contribution in [0.2, 0.25) is 0 Å². The maximum absolute atomic E-state index is 6.87. The lowest BCUT2D eigenvalue weighted by atomic mass is 10.1. The first kappa shape index (κ1) is 29.8. The van der Waals surface area contributed by atoms with Gasteiger partial charge in [-0.15, -0.1) is 0 Å². The second kappa shape index (κ2) is 14.5. The first-order chi connectivity index (χ1) is 23.3. The largest absolute Gasteiger partial charge is 1.20 e. The van der Waals surface area contributed by atoms with Gasteiger partial charge >= 0.3 is 15.1 Å². The number of rotatable bonds is 11. The summed E-state index contributed by atoms with van der Waals surface area (Å²) in [4.78, 5) is 11.3. The molecule has 0 N–H and O–H groups in total. The van der Waals surface area contributed by atoms with Crippen LogP contribution in [-0.2, 0) is 0 Å². The number of hydrogen-bond donors (Lipinski definition) is 0. The summed E-state index contributed by atoms with van der Waals surface area (Å²) in [6.45, 7) is 0.